The lowest BCUT2D eigenvalue weighted by Crippen LogP contribution is -2.37. The molecule has 1 atom stereocenters. The summed E-state index contributed by atoms with van der Waals surface area (Å²) in [7, 11) is 0. The molecule has 1 saturated heterocycles. The van der Waals surface area contributed by atoms with E-state index in [2.05, 4.69) is 14.3 Å². The highest BCUT2D eigenvalue weighted by Crippen LogP contribution is 2.40. The third-order valence-corrected chi connectivity index (χ3v) is 5.28. The van der Waals surface area contributed by atoms with Gasteiger partial charge in [-0.25, -0.2) is 9.97 Å². The highest BCUT2D eigenvalue weighted by Gasteiger charge is 2.29. The third kappa shape index (κ3) is 3.63. The molecule has 6 heteroatoms. The van der Waals surface area contributed by atoms with Crippen LogP contribution in [0.1, 0.15) is 43.1 Å². The molecule has 1 aliphatic carbocycles. The van der Waals surface area contributed by atoms with Gasteiger partial charge in [0.15, 0.2) is 0 Å². The standard InChI is InChI=1S/C17H22N4OS/c1-12-4-2-6-15(18-12)22-11-13-5-3-9-21(10-13)17-19-16(20-23-17)14-7-8-14/h2,4,6,13-14H,3,5,7-11H2,1H3. The molecule has 3 heterocycles. The van der Waals surface area contributed by atoms with Crippen LogP contribution in [0, 0.1) is 12.8 Å². The minimum Gasteiger partial charge on any atom is -0.477 e. The summed E-state index contributed by atoms with van der Waals surface area (Å²) >= 11 is 1.55. The fraction of sp³-hybridized carbons (Fsp3) is 0.588. The van der Waals surface area contributed by atoms with E-state index in [4.69, 9.17) is 9.72 Å². The van der Waals surface area contributed by atoms with Gasteiger partial charge in [-0.3, -0.25) is 0 Å². The number of piperidine rings is 1. The summed E-state index contributed by atoms with van der Waals surface area (Å²) < 4.78 is 10.4. The van der Waals surface area contributed by atoms with Crippen molar-refractivity contribution < 1.29 is 4.74 Å². The zero-order valence-electron chi connectivity index (χ0n) is 13.4. The maximum atomic E-state index is 5.89. The van der Waals surface area contributed by atoms with Crippen molar-refractivity contribution in [1.82, 2.24) is 14.3 Å². The Morgan fingerprint density at radius 2 is 2.17 bits per heavy atom. The monoisotopic (exact) mass is 330 g/mol. The summed E-state index contributed by atoms with van der Waals surface area (Å²) in [4.78, 5) is 11.5. The number of nitrogens with zero attached hydrogens (tertiary/aromatic N) is 4. The first-order chi connectivity index (χ1) is 11.3. The Hall–Kier alpha value is -1.69. The van der Waals surface area contributed by atoms with Crippen molar-refractivity contribution in [3.63, 3.8) is 0 Å². The molecular formula is C17H22N4OS. The Labute approximate surface area is 140 Å². The van der Waals surface area contributed by atoms with Crippen molar-refractivity contribution in [2.24, 2.45) is 5.92 Å². The lowest BCUT2D eigenvalue weighted by atomic mass is 9.99. The molecule has 1 saturated carbocycles. The predicted octanol–water partition coefficient (Wildman–Crippen LogP) is 3.41. The molecule has 2 aromatic heterocycles. The summed E-state index contributed by atoms with van der Waals surface area (Å²) in [6, 6.07) is 5.91. The molecule has 0 N–H and O–H groups in total. The van der Waals surface area contributed by atoms with Crippen LogP contribution in [-0.4, -0.2) is 34.0 Å². The van der Waals surface area contributed by atoms with Crippen LogP contribution in [0.15, 0.2) is 18.2 Å². The van der Waals surface area contributed by atoms with Crippen molar-refractivity contribution in [1.29, 1.82) is 0 Å². The molecule has 1 unspecified atom stereocenters. The van der Waals surface area contributed by atoms with Crippen LogP contribution in [0.3, 0.4) is 0 Å². The number of ether oxygens (including phenoxy) is 1. The van der Waals surface area contributed by atoms with Gasteiger partial charge >= 0.3 is 0 Å². The van der Waals surface area contributed by atoms with Crippen LogP contribution in [0.4, 0.5) is 5.13 Å². The number of hydrogen-bond donors (Lipinski definition) is 0. The minimum absolute atomic E-state index is 0.527. The molecule has 122 valence electrons. The molecular weight excluding hydrogens is 308 g/mol. The van der Waals surface area contributed by atoms with Crippen LogP contribution in [-0.2, 0) is 0 Å². The number of aryl methyl sites for hydroxylation is 1. The second-order valence-electron chi connectivity index (χ2n) is 6.59. The van der Waals surface area contributed by atoms with Crippen LogP contribution >= 0.6 is 11.5 Å². The van der Waals surface area contributed by atoms with Gasteiger partial charge in [-0.1, -0.05) is 6.07 Å². The summed E-state index contributed by atoms with van der Waals surface area (Å²) in [6.45, 7) is 4.80. The molecule has 2 fully saturated rings. The minimum atomic E-state index is 0.527. The van der Waals surface area contributed by atoms with Gasteiger partial charge in [0.25, 0.3) is 0 Å². The van der Waals surface area contributed by atoms with Gasteiger partial charge < -0.3 is 9.64 Å². The molecule has 1 aliphatic heterocycles. The van der Waals surface area contributed by atoms with Gasteiger partial charge in [-0.2, -0.15) is 4.37 Å². The molecule has 0 radical (unpaired) electrons. The van der Waals surface area contributed by atoms with Crippen LogP contribution in [0.25, 0.3) is 0 Å². The van der Waals surface area contributed by atoms with Crippen molar-refractivity contribution in [3.8, 4) is 5.88 Å². The van der Waals surface area contributed by atoms with Gasteiger partial charge in [0.2, 0.25) is 11.0 Å². The van der Waals surface area contributed by atoms with Crippen molar-refractivity contribution in [2.45, 2.75) is 38.5 Å². The van der Waals surface area contributed by atoms with Crippen molar-refractivity contribution in [3.05, 3.63) is 29.7 Å². The SMILES string of the molecule is Cc1cccc(OCC2CCCN(c3nc(C4CC4)ns3)C2)n1. The summed E-state index contributed by atoms with van der Waals surface area (Å²) in [5, 5.41) is 1.09. The molecule has 0 aromatic carbocycles. The Bertz CT molecular complexity index is 670. The van der Waals surface area contributed by atoms with Crippen LogP contribution < -0.4 is 9.64 Å². The summed E-state index contributed by atoms with van der Waals surface area (Å²) in [6.07, 6.45) is 4.91. The Morgan fingerprint density at radius 3 is 3.00 bits per heavy atom. The van der Waals surface area contributed by atoms with Gasteiger partial charge in [0, 0.05) is 48.2 Å². The van der Waals surface area contributed by atoms with Crippen LogP contribution in [0.2, 0.25) is 0 Å². The first kappa shape index (κ1) is 14.9. The summed E-state index contributed by atoms with van der Waals surface area (Å²) in [5.74, 6) is 2.96. The largest absolute Gasteiger partial charge is 0.477 e. The number of anilines is 1. The molecule has 2 aliphatic rings. The van der Waals surface area contributed by atoms with Gasteiger partial charge in [-0.05, 0) is 38.7 Å². The number of pyridine rings is 1. The van der Waals surface area contributed by atoms with Gasteiger partial charge in [-0.15, -0.1) is 0 Å². The number of aromatic nitrogens is 3. The van der Waals surface area contributed by atoms with Crippen molar-refractivity contribution in [2.75, 3.05) is 24.6 Å². The van der Waals surface area contributed by atoms with E-state index in [1.165, 1.54) is 25.7 Å². The molecule has 0 spiro atoms. The normalized spacial score (nSPS) is 21.4. The highest BCUT2D eigenvalue weighted by atomic mass is 32.1. The average Bonchev–Trinajstić information content (AvgIpc) is 3.30. The number of rotatable bonds is 5. The molecule has 5 nitrogen and oxygen atoms in total. The average molecular weight is 330 g/mol. The van der Waals surface area contributed by atoms with Crippen molar-refractivity contribution >= 4 is 16.7 Å². The van der Waals surface area contributed by atoms with Gasteiger partial charge in [0.1, 0.15) is 5.82 Å². The van der Waals surface area contributed by atoms with E-state index in [0.29, 0.717) is 11.8 Å². The fourth-order valence-corrected chi connectivity index (χ4v) is 3.82. The van der Waals surface area contributed by atoms with E-state index in [1.54, 1.807) is 11.5 Å². The first-order valence-corrected chi connectivity index (χ1v) is 9.20. The third-order valence-electron chi connectivity index (χ3n) is 4.49. The highest BCUT2D eigenvalue weighted by molar-refractivity contribution is 7.09. The Morgan fingerprint density at radius 1 is 1.26 bits per heavy atom. The number of hydrogen-bond acceptors (Lipinski definition) is 6. The zero-order chi connectivity index (χ0) is 15.6. The quantitative estimate of drug-likeness (QED) is 0.841. The molecule has 0 bridgehead atoms. The predicted molar refractivity (Wildman–Crippen MR) is 91.3 cm³/mol. The van der Waals surface area contributed by atoms with E-state index in [1.807, 2.05) is 25.1 Å². The second kappa shape index (κ2) is 6.43. The van der Waals surface area contributed by atoms with E-state index < -0.39 is 0 Å². The summed E-state index contributed by atoms with van der Waals surface area (Å²) in [5.41, 5.74) is 0.995. The maximum Gasteiger partial charge on any atom is 0.213 e. The lowest BCUT2D eigenvalue weighted by Gasteiger charge is -2.32. The second-order valence-corrected chi connectivity index (χ2v) is 7.32. The van der Waals surface area contributed by atoms with E-state index in [0.717, 1.165) is 42.2 Å². The molecule has 23 heavy (non-hydrogen) atoms. The maximum absolute atomic E-state index is 5.89. The topological polar surface area (TPSA) is 51.1 Å². The molecule has 4 rings (SSSR count). The Kier molecular flexibility index (Phi) is 4.16. The fourth-order valence-electron chi connectivity index (χ4n) is 3.04. The zero-order valence-corrected chi connectivity index (χ0v) is 14.3. The Balaban J connectivity index is 1.34. The van der Waals surface area contributed by atoms with E-state index in [-0.39, 0.29) is 0 Å². The first-order valence-electron chi connectivity index (χ1n) is 8.43. The van der Waals surface area contributed by atoms with E-state index in [9.17, 15) is 0 Å². The molecule has 2 aromatic rings. The van der Waals surface area contributed by atoms with E-state index >= 15 is 0 Å². The molecule has 0 amide bonds. The lowest BCUT2D eigenvalue weighted by molar-refractivity contribution is 0.221. The van der Waals surface area contributed by atoms with Crippen LogP contribution in [0.5, 0.6) is 5.88 Å². The smallest absolute Gasteiger partial charge is 0.213 e. The van der Waals surface area contributed by atoms with Gasteiger partial charge in [0.05, 0.1) is 6.61 Å².